The molecule has 1 saturated heterocycles. The zero-order valence-electron chi connectivity index (χ0n) is 18.5. The Morgan fingerprint density at radius 1 is 0.941 bits per heavy atom. The van der Waals surface area contributed by atoms with Gasteiger partial charge in [0.25, 0.3) is 0 Å². The van der Waals surface area contributed by atoms with E-state index in [0.29, 0.717) is 18.1 Å². The highest BCUT2D eigenvalue weighted by Crippen LogP contribution is 2.39. The Labute approximate surface area is 204 Å². The molecule has 170 valence electrons. The van der Waals surface area contributed by atoms with Crippen molar-refractivity contribution >= 4 is 28.9 Å². The lowest BCUT2D eigenvalue weighted by molar-refractivity contribution is -0.116. The Morgan fingerprint density at radius 2 is 1.68 bits per heavy atom. The van der Waals surface area contributed by atoms with Gasteiger partial charge in [-0.3, -0.25) is 9.78 Å². The van der Waals surface area contributed by atoms with Gasteiger partial charge in [0.2, 0.25) is 5.91 Å². The van der Waals surface area contributed by atoms with E-state index < -0.39 is 0 Å². The molecule has 5 rings (SSSR count). The van der Waals surface area contributed by atoms with Crippen LogP contribution >= 0.6 is 12.2 Å². The van der Waals surface area contributed by atoms with Crippen LogP contribution in [0.4, 0.5) is 5.69 Å². The number of benzene rings is 2. The summed E-state index contributed by atoms with van der Waals surface area (Å²) in [6.07, 6.45) is 4.17. The average Bonchev–Trinajstić information content (AvgIpc) is 3.48. The van der Waals surface area contributed by atoms with E-state index in [1.54, 1.807) is 6.20 Å². The van der Waals surface area contributed by atoms with Crippen molar-refractivity contribution in [3.8, 4) is 5.69 Å². The second-order valence-corrected chi connectivity index (χ2v) is 8.51. The zero-order chi connectivity index (χ0) is 23.3. The summed E-state index contributed by atoms with van der Waals surface area (Å²) in [6.45, 7) is 0.485. The van der Waals surface area contributed by atoms with E-state index in [4.69, 9.17) is 12.2 Å². The highest BCUT2D eigenvalue weighted by atomic mass is 32.1. The van der Waals surface area contributed by atoms with E-state index in [2.05, 4.69) is 49.5 Å². The quantitative estimate of drug-likeness (QED) is 0.380. The molecule has 0 spiro atoms. The standard InChI is InChI=1S/C27H25N5OS/c33-24(29-20-10-3-1-4-11-20)16-19-32-26(25(30-27(32)34)22-14-7-8-17-28-22)23-15-9-18-31(23)21-12-5-2-6-13-21/h1-15,17-18,25-26H,16,19H2,(H,29,33)(H,30,34)/t25-,26+/m0/s1. The topological polar surface area (TPSA) is 62.2 Å². The molecule has 2 aromatic heterocycles. The number of carbonyl (C=O) groups is 1. The average molecular weight is 468 g/mol. The Kier molecular flexibility index (Phi) is 6.35. The third kappa shape index (κ3) is 4.56. The highest BCUT2D eigenvalue weighted by Gasteiger charge is 2.41. The van der Waals surface area contributed by atoms with E-state index in [9.17, 15) is 4.79 Å². The number of carbonyl (C=O) groups excluding carboxylic acids is 1. The lowest BCUT2D eigenvalue weighted by atomic mass is 10.0. The predicted octanol–water partition coefficient (Wildman–Crippen LogP) is 4.87. The number of hydrogen-bond acceptors (Lipinski definition) is 3. The molecule has 34 heavy (non-hydrogen) atoms. The Hall–Kier alpha value is -3.97. The molecule has 6 nitrogen and oxygen atoms in total. The normalized spacial score (nSPS) is 17.4. The molecular weight excluding hydrogens is 442 g/mol. The first kappa shape index (κ1) is 21.9. The van der Waals surface area contributed by atoms with Crippen LogP contribution in [0.1, 0.15) is 29.9 Å². The number of pyridine rings is 1. The molecule has 2 aromatic carbocycles. The summed E-state index contributed by atoms with van der Waals surface area (Å²) in [5, 5.41) is 7.04. The van der Waals surface area contributed by atoms with Crippen molar-refractivity contribution in [2.45, 2.75) is 18.5 Å². The second kappa shape index (κ2) is 9.89. The summed E-state index contributed by atoms with van der Waals surface area (Å²) in [5.74, 6) is -0.0486. The number of nitrogens with zero attached hydrogens (tertiary/aromatic N) is 3. The number of aromatic nitrogens is 2. The van der Waals surface area contributed by atoms with Crippen LogP contribution in [0.5, 0.6) is 0 Å². The van der Waals surface area contributed by atoms with Gasteiger partial charge < -0.3 is 20.1 Å². The second-order valence-electron chi connectivity index (χ2n) is 8.12. The smallest absolute Gasteiger partial charge is 0.226 e. The Balaban J connectivity index is 1.44. The van der Waals surface area contributed by atoms with Gasteiger partial charge in [0, 0.05) is 42.4 Å². The summed E-state index contributed by atoms with van der Waals surface area (Å²) in [7, 11) is 0. The van der Waals surface area contributed by atoms with Gasteiger partial charge in [-0.05, 0) is 60.7 Å². The zero-order valence-corrected chi connectivity index (χ0v) is 19.4. The number of thiocarbonyl (C=S) groups is 1. The van der Waals surface area contributed by atoms with Crippen LogP contribution < -0.4 is 10.6 Å². The van der Waals surface area contributed by atoms with E-state index in [0.717, 1.165) is 22.8 Å². The van der Waals surface area contributed by atoms with Crippen molar-refractivity contribution in [2.24, 2.45) is 0 Å². The van der Waals surface area contributed by atoms with Crippen LogP contribution in [-0.4, -0.2) is 32.0 Å². The number of anilines is 1. The van der Waals surface area contributed by atoms with Crippen molar-refractivity contribution < 1.29 is 4.79 Å². The molecule has 7 heteroatoms. The van der Waals surface area contributed by atoms with Gasteiger partial charge in [-0.1, -0.05) is 42.5 Å². The van der Waals surface area contributed by atoms with Gasteiger partial charge in [-0.15, -0.1) is 0 Å². The van der Waals surface area contributed by atoms with Gasteiger partial charge in [-0.25, -0.2) is 0 Å². The molecule has 1 fully saturated rings. The SMILES string of the molecule is O=C(CCN1C(=S)N[C@@H](c2ccccn2)[C@H]1c1cccn1-c1ccccc1)Nc1ccccc1. The number of para-hydroxylation sites is 2. The summed E-state index contributed by atoms with van der Waals surface area (Å²) in [5.41, 5.74) is 3.85. The molecule has 1 amide bonds. The molecule has 0 radical (unpaired) electrons. The van der Waals surface area contributed by atoms with Crippen LogP contribution in [0.25, 0.3) is 5.69 Å². The molecular formula is C27H25N5OS. The van der Waals surface area contributed by atoms with Gasteiger partial charge in [0.1, 0.15) is 0 Å². The molecule has 0 aliphatic carbocycles. The van der Waals surface area contributed by atoms with Gasteiger partial charge in [0.05, 0.1) is 17.8 Å². The number of nitrogens with one attached hydrogen (secondary N) is 2. The fraction of sp³-hybridized carbons (Fsp3) is 0.148. The number of hydrogen-bond donors (Lipinski definition) is 2. The predicted molar refractivity (Wildman–Crippen MR) is 138 cm³/mol. The van der Waals surface area contributed by atoms with Gasteiger partial charge in [-0.2, -0.15) is 0 Å². The first-order valence-corrected chi connectivity index (χ1v) is 11.7. The van der Waals surface area contributed by atoms with Crippen LogP contribution in [0, 0.1) is 0 Å². The Bertz CT molecular complexity index is 1260. The molecule has 3 heterocycles. The maximum absolute atomic E-state index is 12.7. The van der Waals surface area contributed by atoms with Crippen LogP contribution in [0.3, 0.4) is 0 Å². The molecule has 4 aromatic rings. The van der Waals surface area contributed by atoms with Crippen molar-refractivity contribution in [3.05, 3.63) is 115 Å². The van der Waals surface area contributed by atoms with E-state index >= 15 is 0 Å². The minimum absolute atomic E-state index is 0.0486. The largest absolute Gasteiger partial charge is 0.352 e. The minimum atomic E-state index is -0.136. The van der Waals surface area contributed by atoms with Crippen molar-refractivity contribution in [1.29, 1.82) is 0 Å². The monoisotopic (exact) mass is 467 g/mol. The maximum Gasteiger partial charge on any atom is 0.226 e. The summed E-state index contributed by atoms with van der Waals surface area (Å²) < 4.78 is 2.17. The van der Waals surface area contributed by atoms with Crippen LogP contribution in [-0.2, 0) is 4.79 Å². The van der Waals surface area contributed by atoms with E-state index in [1.165, 1.54) is 0 Å². The summed E-state index contributed by atoms with van der Waals surface area (Å²) in [4.78, 5) is 19.4. The van der Waals surface area contributed by atoms with Crippen molar-refractivity contribution in [3.63, 3.8) is 0 Å². The van der Waals surface area contributed by atoms with E-state index in [-0.39, 0.29) is 18.0 Å². The van der Waals surface area contributed by atoms with Gasteiger partial charge >= 0.3 is 0 Å². The fourth-order valence-electron chi connectivity index (χ4n) is 4.39. The number of amides is 1. The lowest BCUT2D eigenvalue weighted by Gasteiger charge is -2.28. The molecule has 2 N–H and O–H groups in total. The van der Waals surface area contributed by atoms with Gasteiger partial charge in [0.15, 0.2) is 5.11 Å². The third-order valence-corrected chi connectivity index (χ3v) is 6.31. The van der Waals surface area contributed by atoms with Crippen molar-refractivity contribution in [2.75, 3.05) is 11.9 Å². The van der Waals surface area contributed by atoms with Crippen LogP contribution in [0.15, 0.2) is 103 Å². The van der Waals surface area contributed by atoms with Crippen LogP contribution in [0.2, 0.25) is 0 Å². The first-order valence-electron chi connectivity index (χ1n) is 11.3. The fourth-order valence-corrected chi connectivity index (χ4v) is 4.73. The maximum atomic E-state index is 12.7. The third-order valence-electron chi connectivity index (χ3n) is 5.95. The Morgan fingerprint density at radius 3 is 2.41 bits per heavy atom. The first-order chi connectivity index (χ1) is 16.7. The molecule has 1 aliphatic heterocycles. The number of rotatable bonds is 7. The lowest BCUT2D eigenvalue weighted by Crippen LogP contribution is -2.33. The van der Waals surface area contributed by atoms with E-state index in [1.807, 2.05) is 72.8 Å². The summed E-state index contributed by atoms with van der Waals surface area (Å²) in [6, 6.07) is 29.5. The molecule has 2 atom stereocenters. The molecule has 0 saturated carbocycles. The molecule has 0 unspecified atom stereocenters. The molecule has 0 bridgehead atoms. The molecule has 1 aliphatic rings. The summed E-state index contributed by atoms with van der Waals surface area (Å²) >= 11 is 5.76. The highest BCUT2D eigenvalue weighted by molar-refractivity contribution is 7.80. The van der Waals surface area contributed by atoms with Crippen molar-refractivity contribution in [1.82, 2.24) is 19.8 Å². The minimum Gasteiger partial charge on any atom is -0.352 e.